The van der Waals surface area contributed by atoms with E-state index in [9.17, 15) is 4.79 Å². The summed E-state index contributed by atoms with van der Waals surface area (Å²) in [4.78, 5) is 12.0. The summed E-state index contributed by atoms with van der Waals surface area (Å²) in [5.74, 6) is 0.763. The van der Waals surface area contributed by atoms with Crippen molar-refractivity contribution in [2.75, 3.05) is 13.2 Å². The Bertz CT molecular complexity index is 804. The summed E-state index contributed by atoms with van der Waals surface area (Å²) in [5.41, 5.74) is 1.81. The smallest absolute Gasteiger partial charge is 0.251 e. The van der Waals surface area contributed by atoms with Gasteiger partial charge in [-0.15, -0.1) is 0 Å². The minimum Gasteiger partial charge on any atom is -0.491 e. The van der Waals surface area contributed by atoms with Crippen LogP contribution in [0.25, 0.3) is 10.8 Å². The van der Waals surface area contributed by atoms with E-state index >= 15 is 0 Å². The number of hydrogen-bond donors (Lipinski definition) is 1. The predicted molar refractivity (Wildman–Crippen MR) is 93.0 cm³/mol. The molecule has 0 heterocycles. The van der Waals surface area contributed by atoms with Crippen molar-refractivity contribution in [1.82, 2.24) is 5.32 Å². The molecule has 3 rings (SSSR count). The molecule has 0 unspecified atom stereocenters. The van der Waals surface area contributed by atoms with Crippen LogP contribution in [0.15, 0.2) is 66.7 Å². The van der Waals surface area contributed by atoms with Gasteiger partial charge in [0.1, 0.15) is 12.4 Å². The molecule has 0 spiro atoms. The van der Waals surface area contributed by atoms with E-state index in [-0.39, 0.29) is 5.91 Å². The standard InChI is InChI=1S/C20H19NO2/c1-15-9-11-17(12-10-15)20(22)21-13-14-23-19-8-4-6-16-5-2-3-7-18(16)19/h2-12H,13-14H2,1H3,(H,21,22). The Kier molecular flexibility index (Phi) is 4.57. The van der Waals surface area contributed by atoms with Gasteiger partial charge in [-0.05, 0) is 30.5 Å². The first-order valence-electron chi connectivity index (χ1n) is 7.69. The monoisotopic (exact) mass is 305 g/mol. The minimum atomic E-state index is -0.0773. The maximum atomic E-state index is 12.0. The van der Waals surface area contributed by atoms with Crippen molar-refractivity contribution in [3.05, 3.63) is 77.9 Å². The van der Waals surface area contributed by atoms with Crippen molar-refractivity contribution in [2.45, 2.75) is 6.92 Å². The Morgan fingerprint density at radius 2 is 1.70 bits per heavy atom. The average Bonchev–Trinajstić information content (AvgIpc) is 2.59. The Hall–Kier alpha value is -2.81. The highest BCUT2D eigenvalue weighted by Gasteiger charge is 2.05. The molecular weight excluding hydrogens is 286 g/mol. The van der Waals surface area contributed by atoms with Crippen LogP contribution in [0.1, 0.15) is 15.9 Å². The molecule has 116 valence electrons. The summed E-state index contributed by atoms with van der Waals surface area (Å²) < 4.78 is 5.81. The van der Waals surface area contributed by atoms with Gasteiger partial charge in [0.25, 0.3) is 5.91 Å². The van der Waals surface area contributed by atoms with Gasteiger partial charge in [-0.3, -0.25) is 4.79 Å². The van der Waals surface area contributed by atoms with E-state index in [0.717, 1.165) is 22.1 Å². The molecule has 0 saturated carbocycles. The fourth-order valence-corrected chi connectivity index (χ4v) is 2.45. The average molecular weight is 305 g/mol. The summed E-state index contributed by atoms with van der Waals surface area (Å²) in [7, 11) is 0. The maximum Gasteiger partial charge on any atom is 0.251 e. The van der Waals surface area contributed by atoms with Crippen LogP contribution in [0, 0.1) is 6.92 Å². The molecule has 3 aromatic carbocycles. The van der Waals surface area contributed by atoms with Gasteiger partial charge in [-0.1, -0.05) is 54.1 Å². The highest BCUT2D eigenvalue weighted by atomic mass is 16.5. The van der Waals surface area contributed by atoms with E-state index < -0.39 is 0 Å². The molecule has 0 saturated heterocycles. The normalized spacial score (nSPS) is 10.5. The SMILES string of the molecule is Cc1ccc(C(=O)NCCOc2cccc3ccccc23)cc1. The third kappa shape index (κ3) is 3.69. The van der Waals surface area contributed by atoms with Crippen molar-refractivity contribution < 1.29 is 9.53 Å². The van der Waals surface area contributed by atoms with Gasteiger partial charge in [-0.25, -0.2) is 0 Å². The number of aryl methyl sites for hydroxylation is 1. The third-order valence-electron chi connectivity index (χ3n) is 3.71. The first-order valence-corrected chi connectivity index (χ1v) is 7.69. The van der Waals surface area contributed by atoms with Crippen LogP contribution in [-0.2, 0) is 0 Å². The zero-order chi connectivity index (χ0) is 16.1. The summed E-state index contributed by atoms with van der Waals surface area (Å²) in [6.07, 6.45) is 0. The zero-order valence-electron chi connectivity index (χ0n) is 13.1. The van der Waals surface area contributed by atoms with Crippen LogP contribution < -0.4 is 10.1 Å². The quantitative estimate of drug-likeness (QED) is 0.725. The Morgan fingerprint density at radius 3 is 2.52 bits per heavy atom. The lowest BCUT2D eigenvalue weighted by molar-refractivity contribution is 0.0947. The summed E-state index contributed by atoms with van der Waals surface area (Å²) in [5, 5.41) is 5.10. The topological polar surface area (TPSA) is 38.3 Å². The molecule has 0 bridgehead atoms. The van der Waals surface area contributed by atoms with Crippen molar-refractivity contribution in [3.63, 3.8) is 0 Å². The number of ether oxygens (including phenoxy) is 1. The lowest BCUT2D eigenvalue weighted by Crippen LogP contribution is -2.28. The van der Waals surface area contributed by atoms with Crippen molar-refractivity contribution in [2.24, 2.45) is 0 Å². The number of fused-ring (bicyclic) bond motifs is 1. The third-order valence-corrected chi connectivity index (χ3v) is 3.71. The van der Waals surface area contributed by atoms with E-state index in [2.05, 4.69) is 17.4 Å². The van der Waals surface area contributed by atoms with Gasteiger partial charge < -0.3 is 10.1 Å². The molecule has 1 amide bonds. The first kappa shape index (κ1) is 15.1. The largest absolute Gasteiger partial charge is 0.491 e. The van der Waals surface area contributed by atoms with Crippen LogP contribution in [0.4, 0.5) is 0 Å². The summed E-state index contributed by atoms with van der Waals surface area (Å²) >= 11 is 0. The minimum absolute atomic E-state index is 0.0773. The van der Waals surface area contributed by atoms with Gasteiger partial charge in [-0.2, -0.15) is 0 Å². The van der Waals surface area contributed by atoms with Crippen LogP contribution in [-0.4, -0.2) is 19.1 Å². The van der Waals surface area contributed by atoms with Crippen molar-refractivity contribution >= 4 is 16.7 Å². The van der Waals surface area contributed by atoms with Crippen LogP contribution in [0.5, 0.6) is 5.75 Å². The number of carbonyl (C=O) groups is 1. The molecule has 0 fully saturated rings. The molecule has 1 N–H and O–H groups in total. The summed E-state index contributed by atoms with van der Waals surface area (Å²) in [6, 6.07) is 21.6. The number of amides is 1. The molecule has 0 aliphatic rings. The number of hydrogen-bond acceptors (Lipinski definition) is 2. The summed E-state index contributed by atoms with van der Waals surface area (Å²) in [6.45, 7) is 2.90. The Balaban J connectivity index is 1.55. The molecule has 3 aromatic rings. The number of nitrogens with one attached hydrogen (secondary N) is 1. The highest BCUT2D eigenvalue weighted by molar-refractivity contribution is 5.94. The molecule has 0 aliphatic heterocycles. The maximum absolute atomic E-state index is 12.0. The Labute approximate surface area is 135 Å². The highest BCUT2D eigenvalue weighted by Crippen LogP contribution is 2.24. The molecule has 0 aliphatic carbocycles. The molecule has 0 atom stereocenters. The van der Waals surface area contributed by atoms with E-state index in [4.69, 9.17) is 4.74 Å². The van der Waals surface area contributed by atoms with Crippen molar-refractivity contribution in [3.8, 4) is 5.75 Å². The van der Waals surface area contributed by atoms with Crippen molar-refractivity contribution in [1.29, 1.82) is 0 Å². The van der Waals surface area contributed by atoms with Crippen LogP contribution >= 0.6 is 0 Å². The first-order chi connectivity index (χ1) is 11.2. The van der Waals surface area contributed by atoms with Crippen LogP contribution in [0.3, 0.4) is 0 Å². The van der Waals surface area contributed by atoms with E-state index in [1.165, 1.54) is 0 Å². The Morgan fingerprint density at radius 1 is 0.957 bits per heavy atom. The number of carbonyl (C=O) groups excluding carboxylic acids is 1. The lowest BCUT2D eigenvalue weighted by Gasteiger charge is -2.10. The van der Waals surface area contributed by atoms with Gasteiger partial charge in [0.05, 0.1) is 6.54 Å². The molecule has 3 nitrogen and oxygen atoms in total. The fourth-order valence-electron chi connectivity index (χ4n) is 2.45. The number of benzene rings is 3. The molecular formula is C20H19NO2. The van der Waals surface area contributed by atoms with Crippen LogP contribution in [0.2, 0.25) is 0 Å². The fraction of sp³-hybridized carbons (Fsp3) is 0.150. The zero-order valence-corrected chi connectivity index (χ0v) is 13.1. The van der Waals surface area contributed by atoms with E-state index in [1.54, 1.807) is 0 Å². The van der Waals surface area contributed by atoms with Gasteiger partial charge in [0, 0.05) is 10.9 Å². The van der Waals surface area contributed by atoms with Gasteiger partial charge in [0.15, 0.2) is 0 Å². The lowest BCUT2D eigenvalue weighted by atomic mass is 10.1. The van der Waals surface area contributed by atoms with Gasteiger partial charge in [0.2, 0.25) is 0 Å². The molecule has 23 heavy (non-hydrogen) atoms. The van der Waals surface area contributed by atoms with E-state index in [1.807, 2.05) is 61.5 Å². The second-order valence-electron chi connectivity index (χ2n) is 5.45. The van der Waals surface area contributed by atoms with E-state index in [0.29, 0.717) is 18.7 Å². The number of rotatable bonds is 5. The second-order valence-corrected chi connectivity index (χ2v) is 5.45. The van der Waals surface area contributed by atoms with Gasteiger partial charge >= 0.3 is 0 Å². The molecule has 0 radical (unpaired) electrons. The predicted octanol–water partition coefficient (Wildman–Crippen LogP) is 3.96. The second kappa shape index (κ2) is 6.97. The molecule has 0 aromatic heterocycles. The molecule has 3 heteroatoms.